The molecule has 0 amide bonds. The minimum Gasteiger partial charge on any atom is -0.496 e. The Kier molecular flexibility index (Phi) is 6.72. The van der Waals surface area contributed by atoms with E-state index in [1.165, 1.54) is 41.4 Å². The second-order valence-electron chi connectivity index (χ2n) is 6.71. The molecule has 0 saturated carbocycles. The first kappa shape index (κ1) is 22.1. The van der Waals surface area contributed by atoms with Gasteiger partial charge in [0.15, 0.2) is 0 Å². The number of halogens is 4. The highest BCUT2D eigenvalue weighted by molar-refractivity contribution is 14.1. The van der Waals surface area contributed by atoms with Gasteiger partial charge in [0.1, 0.15) is 11.5 Å². The molecule has 4 aromatic rings. The van der Waals surface area contributed by atoms with E-state index in [0.717, 1.165) is 22.6 Å². The van der Waals surface area contributed by atoms with Gasteiger partial charge in [0.05, 0.1) is 14.2 Å². The summed E-state index contributed by atoms with van der Waals surface area (Å²) in [6.45, 7) is 2.17. The molecule has 0 aliphatic heterocycles. The van der Waals surface area contributed by atoms with Crippen molar-refractivity contribution in [1.29, 1.82) is 0 Å². The molecule has 0 saturated heterocycles. The maximum atomic E-state index is 5.91. The van der Waals surface area contributed by atoms with Gasteiger partial charge in [-0.3, -0.25) is 0 Å². The lowest BCUT2D eigenvalue weighted by atomic mass is 9.90. The van der Waals surface area contributed by atoms with E-state index in [2.05, 4.69) is 140 Å². The van der Waals surface area contributed by atoms with Gasteiger partial charge in [0.2, 0.25) is 0 Å². The van der Waals surface area contributed by atoms with Crippen molar-refractivity contribution in [3.63, 3.8) is 0 Å². The molecule has 0 aromatic heterocycles. The zero-order chi connectivity index (χ0) is 20.9. The van der Waals surface area contributed by atoms with Gasteiger partial charge >= 0.3 is 0 Å². The minimum atomic E-state index is 0.863. The normalized spacial score (nSPS) is 11.3. The molecule has 29 heavy (non-hydrogen) atoms. The Morgan fingerprint density at radius 3 is 1.86 bits per heavy atom. The molecule has 2 nitrogen and oxygen atoms in total. The molecule has 4 rings (SSSR count). The lowest BCUT2D eigenvalue weighted by molar-refractivity contribution is 0.411. The van der Waals surface area contributed by atoms with Crippen LogP contribution in [0, 0.1) is 21.2 Å². The van der Waals surface area contributed by atoms with Crippen LogP contribution in [0.4, 0.5) is 0 Å². The van der Waals surface area contributed by atoms with E-state index in [1.807, 2.05) is 0 Å². The second kappa shape index (κ2) is 8.81. The lowest BCUT2D eigenvalue weighted by Gasteiger charge is -2.20. The van der Waals surface area contributed by atoms with Gasteiger partial charge in [-0.15, -0.1) is 0 Å². The van der Waals surface area contributed by atoms with Crippen molar-refractivity contribution >= 4 is 112 Å². The molecule has 0 radical (unpaired) electrons. The highest BCUT2D eigenvalue weighted by Crippen LogP contribution is 2.48. The Labute approximate surface area is 224 Å². The van der Waals surface area contributed by atoms with Crippen LogP contribution in [-0.4, -0.2) is 14.2 Å². The van der Waals surface area contributed by atoms with Crippen LogP contribution in [0.5, 0.6) is 11.5 Å². The molecule has 0 aliphatic carbocycles. The molecule has 0 fully saturated rings. The highest BCUT2D eigenvalue weighted by atomic mass is 127. The summed E-state index contributed by atoms with van der Waals surface area (Å²) in [6.07, 6.45) is 0. The number of hydrogen-bond acceptors (Lipinski definition) is 2. The number of methoxy groups -OCH3 is 2. The van der Waals surface area contributed by atoms with Crippen LogP contribution < -0.4 is 9.47 Å². The van der Waals surface area contributed by atoms with E-state index in [0.29, 0.717) is 0 Å². The standard InChI is InChI=1S/C23H16I4O2/c1-11-6-13(25)8-16-18(27)10-20(29-3)23(21(11)16)22-14-5-4-12(24)7-15(14)17(26)9-19(22)28-2/h4-10H,1-3H3. The smallest absolute Gasteiger partial charge is 0.128 e. The summed E-state index contributed by atoms with van der Waals surface area (Å²) in [4.78, 5) is 0. The van der Waals surface area contributed by atoms with Gasteiger partial charge in [-0.25, -0.2) is 0 Å². The van der Waals surface area contributed by atoms with Crippen molar-refractivity contribution < 1.29 is 9.47 Å². The van der Waals surface area contributed by atoms with Crippen LogP contribution in [0.15, 0.2) is 42.5 Å². The molecular formula is C23H16I4O2. The third-order valence-corrected chi connectivity index (χ3v) is 8.09. The number of rotatable bonds is 3. The molecule has 0 bridgehead atoms. The Balaban J connectivity index is 2.28. The van der Waals surface area contributed by atoms with Crippen molar-refractivity contribution in [3.05, 3.63) is 62.3 Å². The summed E-state index contributed by atoms with van der Waals surface area (Å²) in [6, 6.07) is 15.3. The molecule has 0 aliphatic rings. The number of hydrogen-bond donors (Lipinski definition) is 0. The summed E-state index contributed by atoms with van der Waals surface area (Å²) in [5, 5.41) is 4.86. The van der Waals surface area contributed by atoms with Gasteiger partial charge in [0, 0.05) is 25.4 Å². The van der Waals surface area contributed by atoms with Crippen molar-refractivity contribution in [2.24, 2.45) is 0 Å². The van der Waals surface area contributed by atoms with E-state index >= 15 is 0 Å². The fourth-order valence-corrected chi connectivity index (χ4v) is 6.52. The van der Waals surface area contributed by atoms with Crippen LogP contribution in [0.3, 0.4) is 0 Å². The van der Waals surface area contributed by atoms with E-state index in [-0.39, 0.29) is 0 Å². The molecule has 4 aromatic carbocycles. The van der Waals surface area contributed by atoms with Crippen LogP contribution in [0.2, 0.25) is 0 Å². The molecule has 0 heterocycles. The average molecular weight is 832 g/mol. The van der Waals surface area contributed by atoms with Crippen LogP contribution in [0.1, 0.15) is 5.56 Å². The first-order valence-corrected chi connectivity index (χ1v) is 13.1. The van der Waals surface area contributed by atoms with E-state index in [4.69, 9.17) is 9.47 Å². The molecule has 0 N–H and O–H groups in total. The van der Waals surface area contributed by atoms with Gasteiger partial charge in [-0.05, 0) is 161 Å². The van der Waals surface area contributed by atoms with Gasteiger partial charge in [-0.1, -0.05) is 6.07 Å². The Bertz CT molecular complexity index is 1280. The predicted molar refractivity (Wildman–Crippen MR) is 156 cm³/mol. The summed E-state index contributed by atoms with van der Waals surface area (Å²) < 4.78 is 16.6. The highest BCUT2D eigenvalue weighted by Gasteiger charge is 2.22. The number of fused-ring (bicyclic) bond motifs is 2. The van der Waals surface area contributed by atoms with Crippen molar-refractivity contribution in [2.45, 2.75) is 6.92 Å². The monoisotopic (exact) mass is 832 g/mol. The quantitative estimate of drug-likeness (QED) is 0.193. The molecule has 0 spiro atoms. The first-order chi connectivity index (χ1) is 13.8. The molecule has 148 valence electrons. The summed E-state index contributed by atoms with van der Waals surface area (Å²) in [5.41, 5.74) is 3.41. The zero-order valence-electron chi connectivity index (χ0n) is 15.9. The van der Waals surface area contributed by atoms with E-state index in [1.54, 1.807) is 14.2 Å². The Morgan fingerprint density at radius 2 is 1.21 bits per heavy atom. The fraction of sp³-hybridized carbons (Fsp3) is 0.130. The van der Waals surface area contributed by atoms with Crippen molar-refractivity contribution in [1.82, 2.24) is 0 Å². The lowest BCUT2D eigenvalue weighted by Crippen LogP contribution is -1.98. The summed E-state index contributed by atoms with van der Waals surface area (Å²) in [5.74, 6) is 1.73. The van der Waals surface area contributed by atoms with Crippen LogP contribution in [-0.2, 0) is 0 Å². The summed E-state index contributed by atoms with van der Waals surface area (Å²) in [7, 11) is 3.48. The number of ether oxygens (including phenoxy) is 2. The SMILES string of the molecule is COc1cc(I)c2cc(I)ccc2c1-c1c(OC)cc(I)c2cc(I)cc(C)c12. The third-order valence-electron chi connectivity index (χ3n) is 5.01. The van der Waals surface area contributed by atoms with Crippen LogP contribution >= 0.6 is 90.4 Å². The Morgan fingerprint density at radius 1 is 0.621 bits per heavy atom. The molecule has 0 atom stereocenters. The Hall–Kier alpha value is -0.0800. The fourth-order valence-electron chi connectivity index (χ4n) is 3.81. The molecular weight excluding hydrogens is 816 g/mol. The van der Waals surface area contributed by atoms with E-state index in [9.17, 15) is 0 Å². The number of benzene rings is 4. The maximum Gasteiger partial charge on any atom is 0.128 e. The predicted octanol–water partition coefficient (Wildman–Crippen LogP) is 8.40. The van der Waals surface area contributed by atoms with Crippen molar-refractivity contribution in [3.8, 4) is 22.6 Å². The molecule has 6 heteroatoms. The van der Waals surface area contributed by atoms with Crippen molar-refractivity contribution in [2.75, 3.05) is 14.2 Å². The average Bonchev–Trinajstić information content (AvgIpc) is 2.68. The topological polar surface area (TPSA) is 18.5 Å². The largest absolute Gasteiger partial charge is 0.496 e. The minimum absolute atomic E-state index is 0.863. The first-order valence-electron chi connectivity index (χ1n) is 8.78. The second-order valence-corrected chi connectivity index (χ2v) is 11.5. The van der Waals surface area contributed by atoms with Crippen LogP contribution in [0.25, 0.3) is 32.7 Å². The van der Waals surface area contributed by atoms with E-state index < -0.39 is 0 Å². The number of aryl methyl sites for hydroxylation is 1. The van der Waals surface area contributed by atoms with Gasteiger partial charge in [-0.2, -0.15) is 0 Å². The summed E-state index contributed by atoms with van der Waals surface area (Å²) >= 11 is 9.56. The maximum absolute atomic E-state index is 5.91. The molecule has 0 unspecified atom stereocenters. The van der Waals surface area contributed by atoms with Gasteiger partial charge in [0.25, 0.3) is 0 Å². The third kappa shape index (κ3) is 3.95. The zero-order valence-corrected chi connectivity index (χ0v) is 24.5. The van der Waals surface area contributed by atoms with Gasteiger partial charge < -0.3 is 9.47 Å².